The predicted molar refractivity (Wildman–Crippen MR) is 68.1 cm³/mol. The van der Waals surface area contributed by atoms with Gasteiger partial charge >= 0.3 is 12.0 Å². The number of hydrogen-bond acceptors (Lipinski definition) is 3. The molecule has 0 spiro atoms. The molecule has 4 N–H and O–H groups in total. The number of hydrazone groups is 1. The average Bonchev–Trinajstić information content (AvgIpc) is 2.47. The van der Waals surface area contributed by atoms with Gasteiger partial charge in [0.2, 0.25) is 0 Å². The molecule has 1 aliphatic rings. The maximum Gasteiger partial charge on any atom is 0.332 e. The summed E-state index contributed by atoms with van der Waals surface area (Å²) >= 11 is 0. The first-order chi connectivity index (χ1) is 8.13. The van der Waals surface area contributed by atoms with Crippen molar-refractivity contribution in [3.63, 3.8) is 0 Å². The second kappa shape index (κ2) is 4.59. The lowest BCUT2D eigenvalue weighted by molar-refractivity contribution is -0.145. The molecular weight excluding hydrogens is 234 g/mol. The highest BCUT2D eigenvalue weighted by Crippen LogP contribution is 2.56. The van der Waals surface area contributed by atoms with E-state index in [1.54, 1.807) is 6.92 Å². The first-order valence-corrected chi connectivity index (χ1v) is 5.96. The van der Waals surface area contributed by atoms with Crippen molar-refractivity contribution in [3.05, 3.63) is 0 Å². The lowest BCUT2D eigenvalue weighted by atomic mass is 9.63. The monoisotopic (exact) mass is 255 g/mol. The van der Waals surface area contributed by atoms with E-state index in [1.807, 2.05) is 20.8 Å². The molecule has 0 saturated heterocycles. The van der Waals surface area contributed by atoms with Gasteiger partial charge in [-0.05, 0) is 25.2 Å². The molecule has 0 aliphatic heterocycles. The number of nitrogens with two attached hydrogens (primary N) is 1. The van der Waals surface area contributed by atoms with E-state index in [0.717, 1.165) is 6.42 Å². The number of aliphatic carboxylic acids is 1. The van der Waals surface area contributed by atoms with Gasteiger partial charge in [-0.2, -0.15) is 5.10 Å². The van der Waals surface area contributed by atoms with Crippen molar-refractivity contribution in [1.29, 1.82) is 0 Å². The van der Waals surface area contributed by atoms with E-state index < -0.39 is 23.3 Å². The second-order valence-corrected chi connectivity index (χ2v) is 5.66. The van der Waals surface area contributed by atoms with Crippen molar-refractivity contribution >= 4 is 17.7 Å². The van der Waals surface area contributed by atoms with Crippen molar-refractivity contribution in [2.45, 2.75) is 40.5 Å². The fourth-order valence-corrected chi connectivity index (χ4v) is 2.84. The van der Waals surface area contributed by atoms with Crippen LogP contribution in [0.2, 0.25) is 0 Å². The van der Waals surface area contributed by atoms with Gasteiger partial charge in [0, 0.05) is 11.1 Å². The molecule has 0 unspecified atom stereocenters. The number of carbonyl (C=O) groups is 2. The quantitative estimate of drug-likeness (QED) is 0.526. The Labute approximate surface area is 107 Å². The third-order valence-electron chi connectivity index (χ3n) is 4.66. The Bertz CT molecular complexity index is 403. The molecule has 102 valence electrons. The standard InChI is InChI=1S/C12H21N3O3/c1-7(14-15-10(13)18)12(4)6-5-8(9(16)17)11(12,2)3/h8H,5-6H2,1-4H3,(H,16,17)(H3,13,15,18)/b14-7+/t8-,12-/m1/s1. The van der Waals surface area contributed by atoms with Crippen LogP contribution in [0.15, 0.2) is 5.10 Å². The van der Waals surface area contributed by atoms with Crippen LogP contribution in [0.1, 0.15) is 40.5 Å². The lowest BCUT2D eigenvalue weighted by Crippen LogP contribution is -2.42. The number of nitrogens with one attached hydrogen (secondary N) is 1. The molecule has 0 aromatic heterocycles. The zero-order valence-electron chi connectivity index (χ0n) is 11.3. The summed E-state index contributed by atoms with van der Waals surface area (Å²) in [4.78, 5) is 21.9. The molecule has 1 aliphatic carbocycles. The Kier molecular flexibility index (Phi) is 3.69. The van der Waals surface area contributed by atoms with Crippen molar-refractivity contribution in [2.24, 2.45) is 27.6 Å². The summed E-state index contributed by atoms with van der Waals surface area (Å²) in [5.41, 5.74) is 7.10. The molecule has 2 atom stereocenters. The van der Waals surface area contributed by atoms with Crippen LogP contribution in [0.5, 0.6) is 0 Å². The van der Waals surface area contributed by atoms with Crippen molar-refractivity contribution in [2.75, 3.05) is 0 Å². The molecule has 0 bridgehead atoms. The number of carboxylic acids is 1. The van der Waals surface area contributed by atoms with Crippen LogP contribution in [-0.2, 0) is 4.79 Å². The molecule has 0 aromatic rings. The minimum atomic E-state index is -0.778. The number of urea groups is 1. The van der Waals surface area contributed by atoms with E-state index in [4.69, 9.17) is 5.73 Å². The Hall–Kier alpha value is -1.59. The molecule has 1 saturated carbocycles. The maximum absolute atomic E-state index is 11.3. The highest BCUT2D eigenvalue weighted by Gasteiger charge is 2.55. The fourth-order valence-electron chi connectivity index (χ4n) is 2.84. The SMILES string of the molecule is C/C(=N\NC(N)=O)[C@@]1(C)CC[C@H](C(=O)O)C1(C)C. The number of hydrogen-bond donors (Lipinski definition) is 3. The molecule has 1 fully saturated rings. The van der Waals surface area contributed by atoms with Crippen molar-refractivity contribution in [3.8, 4) is 0 Å². The van der Waals surface area contributed by atoms with Gasteiger partial charge in [-0.25, -0.2) is 10.2 Å². The molecule has 0 heterocycles. The largest absolute Gasteiger partial charge is 0.481 e. The lowest BCUT2D eigenvalue weighted by Gasteiger charge is -2.40. The van der Waals surface area contributed by atoms with Crippen LogP contribution in [0.25, 0.3) is 0 Å². The number of primary amides is 1. The topological polar surface area (TPSA) is 105 Å². The Balaban J connectivity index is 3.04. The molecule has 2 amide bonds. The van der Waals surface area contributed by atoms with Gasteiger partial charge in [0.1, 0.15) is 0 Å². The smallest absolute Gasteiger partial charge is 0.332 e. The molecule has 18 heavy (non-hydrogen) atoms. The zero-order valence-corrected chi connectivity index (χ0v) is 11.3. The number of carboxylic acid groups (broad SMARTS) is 1. The highest BCUT2D eigenvalue weighted by atomic mass is 16.4. The first-order valence-electron chi connectivity index (χ1n) is 5.96. The molecular formula is C12H21N3O3. The third kappa shape index (κ3) is 2.19. The van der Waals surface area contributed by atoms with Crippen LogP contribution in [-0.4, -0.2) is 22.8 Å². The molecule has 6 nitrogen and oxygen atoms in total. The summed E-state index contributed by atoms with van der Waals surface area (Å²) in [5, 5.41) is 13.2. The van der Waals surface area contributed by atoms with Gasteiger partial charge in [-0.1, -0.05) is 20.8 Å². The van der Waals surface area contributed by atoms with Gasteiger partial charge in [0.25, 0.3) is 0 Å². The predicted octanol–water partition coefficient (Wildman–Crippen LogP) is 1.56. The fraction of sp³-hybridized carbons (Fsp3) is 0.750. The highest BCUT2D eigenvalue weighted by molar-refractivity contribution is 5.91. The molecule has 1 rings (SSSR count). The minimum absolute atomic E-state index is 0.363. The Morgan fingerprint density at radius 2 is 1.94 bits per heavy atom. The molecule has 6 heteroatoms. The molecule has 0 radical (unpaired) electrons. The molecule has 0 aromatic carbocycles. The summed E-state index contributed by atoms with van der Waals surface area (Å²) in [6, 6.07) is -0.719. The van der Waals surface area contributed by atoms with Crippen LogP contribution >= 0.6 is 0 Å². The van der Waals surface area contributed by atoms with Gasteiger partial charge in [-0.3, -0.25) is 4.79 Å². The van der Waals surface area contributed by atoms with Crippen molar-refractivity contribution < 1.29 is 14.7 Å². The van der Waals surface area contributed by atoms with Gasteiger partial charge in [0.05, 0.1) is 5.92 Å². The summed E-state index contributed by atoms with van der Waals surface area (Å²) in [6.07, 6.45) is 1.34. The Morgan fingerprint density at radius 1 is 1.39 bits per heavy atom. The van der Waals surface area contributed by atoms with E-state index in [-0.39, 0.29) is 5.41 Å². The number of amides is 2. The van der Waals surface area contributed by atoms with Crippen molar-refractivity contribution in [1.82, 2.24) is 5.43 Å². The van der Waals surface area contributed by atoms with Gasteiger partial charge < -0.3 is 10.8 Å². The van der Waals surface area contributed by atoms with E-state index in [2.05, 4.69) is 10.5 Å². The first kappa shape index (κ1) is 14.5. The number of carbonyl (C=O) groups excluding carboxylic acids is 1. The van der Waals surface area contributed by atoms with E-state index in [0.29, 0.717) is 12.1 Å². The normalized spacial score (nSPS) is 31.1. The zero-order chi connectivity index (χ0) is 14.1. The summed E-state index contributed by atoms with van der Waals surface area (Å²) in [7, 11) is 0. The van der Waals surface area contributed by atoms with Crippen LogP contribution in [0, 0.1) is 16.7 Å². The van der Waals surface area contributed by atoms with Crippen LogP contribution < -0.4 is 11.2 Å². The number of nitrogens with zero attached hydrogens (tertiary/aromatic N) is 1. The van der Waals surface area contributed by atoms with Gasteiger partial charge in [0.15, 0.2) is 0 Å². The summed E-state index contributed by atoms with van der Waals surface area (Å²) < 4.78 is 0. The minimum Gasteiger partial charge on any atom is -0.481 e. The Morgan fingerprint density at radius 3 is 2.33 bits per heavy atom. The summed E-state index contributed by atoms with van der Waals surface area (Å²) in [5.74, 6) is -1.18. The second-order valence-electron chi connectivity index (χ2n) is 5.66. The van der Waals surface area contributed by atoms with E-state index in [1.165, 1.54) is 0 Å². The summed E-state index contributed by atoms with van der Waals surface area (Å²) in [6.45, 7) is 7.64. The third-order valence-corrected chi connectivity index (χ3v) is 4.66. The van der Waals surface area contributed by atoms with Gasteiger partial charge in [-0.15, -0.1) is 0 Å². The van der Waals surface area contributed by atoms with Crippen LogP contribution in [0.4, 0.5) is 4.79 Å². The maximum atomic E-state index is 11.3. The van der Waals surface area contributed by atoms with E-state index >= 15 is 0 Å². The average molecular weight is 255 g/mol. The number of rotatable bonds is 3. The van der Waals surface area contributed by atoms with Crippen LogP contribution in [0.3, 0.4) is 0 Å². The van der Waals surface area contributed by atoms with E-state index in [9.17, 15) is 14.7 Å².